The molecule has 0 aliphatic carbocycles. The molecular weight excluding hydrogens is 180 g/mol. The van der Waals surface area contributed by atoms with E-state index in [0.29, 0.717) is 18.7 Å². The molecule has 0 bridgehead atoms. The fourth-order valence-electron chi connectivity index (χ4n) is 1.24. The van der Waals surface area contributed by atoms with Gasteiger partial charge in [-0.1, -0.05) is 6.08 Å². The molecule has 0 aromatic carbocycles. The number of allylic oxidation sites excluding steroid dienone is 1. The molecule has 0 spiro atoms. The van der Waals surface area contributed by atoms with E-state index in [1.165, 1.54) is 4.80 Å². The van der Waals surface area contributed by atoms with Crippen LogP contribution in [0.2, 0.25) is 0 Å². The lowest BCUT2D eigenvalue weighted by molar-refractivity contribution is 0.0502. The summed E-state index contributed by atoms with van der Waals surface area (Å²) in [5.41, 5.74) is -0.781. The summed E-state index contributed by atoms with van der Waals surface area (Å²) in [5, 5.41) is 21.5. The van der Waals surface area contributed by atoms with Crippen molar-refractivity contribution >= 4 is 0 Å². The summed E-state index contributed by atoms with van der Waals surface area (Å²) in [5.74, 6) is 0.571. The highest BCUT2D eigenvalue weighted by atomic mass is 16.3. The second-order valence-electron chi connectivity index (χ2n) is 3.70. The van der Waals surface area contributed by atoms with Gasteiger partial charge in [0.15, 0.2) is 5.82 Å². The van der Waals surface area contributed by atoms with Crippen LogP contribution in [-0.2, 0) is 13.5 Å². The summed E-state index contributed by atoms with van der Waals surface area (Å²) >= 11 is 0. The summed E-state index contributed by atoms with van der Waals surface area (Å²) in [7, 11) is 1.70. The molecule has 1 aromatic heterocycles. The van der Waals surface area contributed by atoms with Crippen molar-refractivity contribution in [2.24, 2.45) is 7.05 Å². The molecule has 0 radical (unpaired) electrons. The zero-order valence-electron chi connectivity index (χ0n) is 8.64. The van der Waals surface area contributed by atoms with Gasteiger partial charge < -0.3 is 5.11 Å². The van der Waals surface area contributed by atoms with Crippen LogP contribution in [0.15, 0.2) is 12.7 Å². The average molecular weight is 196 g/mol. The topological polar surface area (TPSA) is 63.8 Å². The van der Waals surface area contributed by atoms with Crippen molar-refractivity contribution in [1.29, 1.82) is 0 Å². The molecule has 0 saturated heterocycles. The summed E-state index contributed by atoms with van der Waals surface area (Å²) in [6.07, 6.45) is 3.66. The molecule has 1 rings (SSSR count). The Kier molecular flexibility index (Phi) is 3.35. The number of aryl methyl sites for hydroxylation is 1. The van der Waals surface area contributed by atoms with Gasteiger partial charge in [-0.05, 0) is 25.0 Å². The molecule has 1 atom stereocenters. The molecule has 14 heavy (non-hydrogen) atoms. The number of nitrogens with zero attached hydrogens (tertiary/aromatic N) is 4. The predicted octanol–water partition coefficient (Wildman–Crippen LogP) is 0.470. The third kappa shape index (κ3) is 3.26. The summed E-state index contributed by atoms with van der Waals surface area (Å²) < 4.78 is 0. The fourth-order valence-corrected chi connectivity index (χ4v) is 1.24. The van der Waals surface area contributed by atoms with Gasteiger partial charge in [-0.25, -0.2) is 0 Å². The highest BCUT2D eigenvalue weighted by Crippen LogP contribution is 2.16. The summed E-state index contributed by atoms with van der Waals surface area (Å²) in [6, 6.07) is 0. The van der Waals surface area contributed by atoms with E-state index in [1.807, 2.05) is 0 Å². The van der Waals surface area contributed by atoms with E-state index in [2.05, 4.69) is 22.0 Å². The van der Waals surface area contributed by atoms with E-state index in [9.17, 15) is 5.11 Å². The SMILES string of the molecule is C=CCCC(C)(O)Cc1nnn(C)n1. The van der Waals surface area contributed by atoms with Crippen molar-refractivity contribution in [3.8, 4) is 0 Å². The van der Waals surface area contributed by atoms with E-state index in [4.69, 9.17) is 0 Å². The van der Waals surface area contributed by atoms with Crippen LogP contribution < -0.4 is 0 Å². The number of hydrogen-bond acceptors (Lipinski definition) is 4. The van der Waals surface area contributed by atoms with Crippen LogP contribution in [0.25, 0.3) is 0 Å². The minimum atomic E-state index is -0.781. The van der Waals surface area contributed by atoms with Gasteiger partial charge in [0.05, 0.1) is 12.6 Å². The maximum atomic E-state index is 9.94. The normalized spacial score (nSPS) is 15.1. The van der Waals surface area contributed by atoms with Gasteiger partial charge in [-0.3, -0.25) is 0 Å². The Bertz CT molecular complexity index is 306. The van der Waals surface area contributed by atoms with Gasteiger partial charge in [0.1, 0.15) is 0 Å². The van der Waals surface area contributed by atoms with Crippen molar-refractivity contribution < 1.29 is 5.11 Å². The smallest absolute Gasteiger partial charge is 0.177 e. The molecule has 0 amide bonds. The van der Waals surface area contributed by atoms with Crippen LogP contribution in [0.3, 0.4) is 0 Å². The maximum absolute atomic E-state index is 9.94. The first-order valence-corrected chi connectivity index (χ1v) is 4.60. The lowest BCUT2D eigenvalue weighted by atomic mass is 9.96. The zero-order chi connectivity index (χ0) is 10.6. The quantitative estimate of drug-likeness (QED) is 0.695. The molecule has 1 unspecified atom stereocenters. The molecule has 0 saturated carbocycles. The van der Waals surface area contributed by atoms with Crippen LogP contribution in [0, 0.1) is 0 Å². The van der Waals surface area contributed by atoms with Crippen LogP contribution >= 0.6 is 0 Å². The molecule has 5 heteroatoms. The Labute approximate surface area is 83.4 Å². The zero-order valence-corrected chi connectivity index (χ0v) is 8.64. The average Bonchev–Trinajstić information content (AvgIpc) is 2.47. The largest absolute Gasteiger partial charge is 0.390 e. The minimum absolute atomic E-state index is 0.425. The van der Waals surface area contributed by atoms with Gasteiger partial charge in [-0.15, -0.1) is 16.8 Å². The van der Waals surface area contributed by atoms with Crippen molar-refractivity contribution in [3.63, 3.8) is 0 Å². The van der Waals surface area contributed by atoms with Crippen LogP contribution in [0.4, 0.5) is 0 Å². The number of tetrazole rings is 1. The third-order valence-electron chi connectivity index (χ3n) is 1.98. The number of rotatable bonds is 5. The molecule has 0 fully saturated rings. The lowest BCUT2D eigenvalue weighted by Gasteiger charge is -2.20. The highest BCUT2D eigenvalue weighted by Gasteiger charge is 2.22. The van der Waals surface area contributed by atoms with Crippen molar-refractivity contribution in [2.75, 3.05) is 0 Å². The van der Waals surface area contributed by atoms with Gasteiger partial charge >= 0.3 is 0 Å². The van der Waals surface area contributed by atoms with Crippen LogP contribution in [-0.4, -0.2) is 30.9 Å². The number of aromatic nitrogens is 4. The first-order chi connectivity index (χ1) is 6.53. The molecule has 1 N–H and O–H groups in total. The van der Waals surface area contributed by atoms with E-state index in [1.54, 1.807) is 20.0 Å². The molecule has 5 nitrogen and oxygen atoms in total. The highest BCUT2D eigenvalue weighted by molar-refractivity contribution is 4.89. The molecule has 0 aliphatic rings. The number of hydrogen-bond donors (Lipinski definition) is 1. The summed E-state index contributed by atoms with van der Waals surface area (Å²) in [6.45, 7) is 5.39. The Morgan fingerprint density at radius 2 is 2.36 bits per heavy atom. The minimum Gasteiger partial charge on any atom is -0.390 e. The molecule has 1 heterocycles. The first-order valence-electron chi connectivity index (χ1n) is 4.60. The van der Waals surface area contributed by atoms with E-state index >= 15 is 0 Å². The lowest BCUT2D eigenvalue weighted by Crippen LogP contribution is -2.27. The van der Waals surface area contributed by atoms with Gasteiger partial charge in [-0.2, -0.15) is 4.80 Å². The Balaban J connectivity index is 2.53. The molecule has 0 aliphatic heterocycles. The monoisotopic (exact) mass is 196 g/mol. The number of aliphatic hydroxyl groups is 1. The maximum Gasteiger partial charge on any atom is 0.177 e. The van der Waals surface area contributed by atoms with Crippen molar-refractivity contribution in [2.45, 2.75) is 31.8 Å². The molecule has 1 aromatic rings. The molecule has 78 valence electrons. The van der Waals surface area contributed by atoms with Gasteiger partial charge in [0.25, 0.3) is 0 Å². The van der Waals surface area contributed by atoms with E-state index in [0.717, 1.165) is 6.42 Å². The predicted molar refractivity (Wildman–Crippen MR) is 52.6 cm³/mol. The third-order valence-corrected chi connectivity index (χ3v) is 1.98. The molecular formula is C9H16N4O. The second-order valence-corrected chi connectivity index (χ2v) is 3.70. The fraction of sp³-hybridized carbons (Fsp3) is 0.667. The van der Waals surface area contributed by atoms with Crippen LogP contribution in [0.5, 0.6) is 0 Å². The Morgan fingerprint density at radius 3 is 2.86 bits per heavy atom. The van der Waals surface area contributed by atoms with Gasteiger partial charge in [0, 0.05) is 6.42 Å². The van der Waals surface area contributed by atoms with E-state index < -0.39 is 5.60 Å². The first kappa shape index (κ1) is 10.8. The van der Waals surface area contributed by atoms with Gasteiger partial charge in [0.2, 0.25) is 0 Å². The van der Waals surface area contributed by atoms with Crippen molar-refractivity contribution in [3.05, 3.63) is 18.5 Å². The van der Waals surface area contributed by atoms with Crippen molar-refractivity contribution in [1.82, 2.24) is 20.2 Å². The van der Waals surface area contributed by atoms with Crippen LogP contribution in [0.1, 0.15) is 25.6 Å². The Morgan fingerprint density at radius 1 is 1.64 bits per heavy atom. The second kappa shape index (κ2) is 4.32. The summed E-state index contributed by atoms with van der Waals surface area (Å²) in [4.78, 5) is 1.39. The standard InChI is InChI=1S/C9H16N4O/c1-4-5-6-9(2,14)7-8-10-12-13(3)11-8/h4,14H,1,5-7H2,2-3H3. The Hall–Kier alpha value is -1.23. The van der Waals surface area contributed by atoms with E-state index in [-0.39, 0.29) is 0 Å².